The van der Waals surface area contributed by atoms with Crippen LogP contribution in [0, 0.1) is 0 Å². The van der Waals surface area contributed by atoms with E-state index in [1.54, 1.807) is 16.8 Å². The van der Waals surface area contributed by atoms with E-state index in [1.807, 2.05) is 25.1 Å². The maximum atomic E-state index is 11.7. The van der Waals surface area contributed by atoms with Gasteiger partial charge in [-0.1, -0.05) is 25.1 Å². The van der Waals surface area contributed by atoms with Crippen molar-refractivity contribution in [3.8, 4) is 0 Å². The number of carbonyl (C=O) groups excluding carboxylic acids is 1. The lowest BCUT2D eigenvalue weighted by Crippen LogP contribution is -2.12. The Bertz CT molecular complexity index is 716. The smallest absolute Gasteiger partial charge is 0.333 e. The van der Waals surface area contributed by atoms with Crippen molar-refractivity contribution in [2.24, 2.45) is 0 Å². The molecule has 0 N–H and O–H groups in total. The molecule has 1 heterocycles. The van der Waals surface area contributed by atoms with Crippen molar-refractivity contribution < 1.29 is 9.53 Å². The van der Waals surface area contributed by atoms with E-state index in [9.17, 15) is 9.59 Å². The van der Waals surface area contributed by atoms with Gasteiger partial charge in [-0.15, -0.1) is 0 Å². The summed E-state index contributed by atoms with van der Waals surface area (Å²) in [6.45, 7) is 2.30. The molecule has 20 heavy (non-hydrogen) atoms. The van der Waals surface area contributed by atoms with E-state index in [4.69, 9.17) is 4.74 Å². The molecule has 0 saturated heterocycles. The predicted molar refractivity (Wildman–Crippen MR) is 76.4 cm³/mol. The number of fused-ring (bicyclic) bond motifs is 1. The van der Waals surface area contributed by atoms with E-state index in [2.05, 4.69) is 5.10 Å². The fourth-order valence-corrected chi connectivity index (χ4v) is 2.01. The molecule has 0 bridgehead atoms. The number of methoxy groups -OCH3 is 1. The summed E-state index contributed by atoms with van der Waals surface area (Å²) in [7, 11) is 1.36. The Morgan fingerprint density at radius 3 is 2.85 bits per heavy atom. The SMILES string of the molecule is CCC(=CCn1ncc(=O)c2ccccc21)C(=O)OC. The number of hydrogen-bond acceptors (Lipinski definition) is 4. The molecule has 1 aromatic heterocycles. The highest BCUT2D eigenvalue weighted by atomic mass is 16.5. The zero-order valence-electron chi connectivity index (χ0n) is 11.5. The third-order valence-electron chi connectivity index (χ3n) is 3.10. The number of hydrogen-bond donors (Lipinski definition) is 0. The summed E-state index contributed by atoms with van der Waals surface area (Å²) in [5.41, 5.74) is 1.23. The van der Waals surface area contributed by atoms with Gasteiger partial charge in [0, 0.05) is 11.0 Å². The fourth-order valence-electron chi connectivity index (χ4n) is 2.01. The molecule has 2 rings (SSSR count). The average molecular weight is 272 g/mol. The second-order valence-corrected chi connectivity index (χ2v) is 4.28. The minimum Gasteiger partial charge on any atom is -0.466 e. The number of rotatable bonds is 4. The fraction of sp³-hybridized carbons (Fsp3) is 0.267. The zero-order valence-corrected chi connectivity index (χ0v) is 11.5. The van der Waals surface area contributed by atoms with E-state index in [1.165, 1.54) is 13.3 Å². The van der Waals surface area contributed by atoms with E-state index in [0.29, 0.717) is 23.9 Å². The molecule has 0 amide bonds. The molecule has 0 unspecified atom stereocenters. The number of nitrogens with zero attached hydrogens (tertiary/aromatic N) is 2. The standard InChI is InChI=1S/C15H16N2O3/c1-3-11(15(19)20-2)8-9-17-13-7-5-4-6-12(13)14(18)10-16-17/h4-8,10H,3,9H2,1-2H3. The number of carbonyl (C=O) groups is 1. The molecule has 1 aromatic carbocycles. The third-order valence-corrected chi connectivity index (χ3v) is 3.10. The van der Waals surface area contributed by atoms with Crippen LogP contribution in [0.25, 0.3) is 10.9 Å². The van der Waals surface area contributed by atoms with Crippen molar-refractivity contribution in [3.05, 3.63) is 52.3 Å². The van der Waals surface area contributed by atoms with Crippen LogP contribution in [0.2, 0.25) is 0 Å². The van der Waals surface area contributed by atoms with Gasteiger partial charge in [0.05, 0.1) is 25.4 Å². The highest BCUT2D eigenvalue weighted by molar-refractivity contribution is 5.88. The highest BCUT2D eigenvalue weighted by Gasteiger charge is 2.07. The molecule has 0 aliphatic carbocycles. The first-order valence-electron chi connectivity index (χ1n) is 6.39. The van der Waals surface area contributed by atoms with Crippen LogP contribution in [0.4, 0.5) is 0 Å². The van der Waals surface area contributed by atoms with Gasteiger partial charge < -0.3 is 4.74 Å². The van der Waals surface area contributed by atoms with Crippen LogP contribution in [-0.4, -0.2) is 22.9 Å². The summed E-state index contributed by atoms with van der Waals surface area (Å²) in [5, 5.41) is 4.72. The first-order chi connectivity index (χ1) is 9.67. The normalized spacial score (nSPS) is 11.6. The topological polar surface area (TPSA) is 61.2 Å². The summed E-state index contributed by atoms with van der Waals surface area (Å²) < 4.78 is 6.40. The Hall–Kier alpha value is -2.43. The van der Waals surface area contributed by atoms with Gasteiger partial charge in [0.1, 0.15) is 0 Å². The summed E-state index contributed by atoms with van der Waals surface area (Å²) in [4.78, 5) is 23.2. The second kappa shape index (κ2) is 6.14. The lowest BCUT2D eigenvalue weighted by molar-refractivity contribution is -0.136. The summed E-state index contributed by atoms with van der Waals surface area (Å²) in [5.74, 6) is -0.335. The van der Waals surface area contributed by atoms with E-state index in [-0.39, 0.29) is 11.4 Å². The number of allylic oxidation sites excluding steroid dienone is 1. The Labute approximate surface area is 116 Å². The van der Waals surface area contributed by atoms with Crippen molar-refractivity contribution in [2.75, 3.05) is 7.11 Å². The first kappa shape index (κ1) is 14.0. The van der Waals surface area contributed by atoms with Crippen LogP contribution < -0.4 is 5.43 Å². The lowest BCUT2D eigenvalue weighted by Gasteiger charge is -2.07. The minimum atomic E-state index is -0.335. The molecule has 0 radical (unpaired) electrons. The van der Waals surface area contributed by atoms with Crippen LogP contribution >= 0.6 is 0 Å². The minimum absolute atomic E-state index is 0.107. The molecule has 5 nitrogen and oxygen atoms in total. The molecule has 0 saturated carbocycles. The van der Waals surface area contributed by atoms with E-state index in [0.717, 1.165) is 5.52 Å². The second-order valence-electron chi connectivity index (χ2n) is 4.28. The van der Waals surface area contributed by atoms with Crippen LogP contribution in [0.3, 0.4) is 0 Å². The van der Waals surface area contributed by atoms with Crippen LogP contribution in [0.15, 0.2) is 46.9 Å². The number of esters is 1. The van der Waals surface area contributed by atoms with E-state index >= 15 is 0 Å². The van der Waals surface area contributed by atoms with Gasteiger partial charge in [-0.3, -0.25) is 9.48 Å². The zero-order chi connectivity index (χ0) is 14.5. The third kappa shape index (κ3) is 2.77. The summed E-state index contributed by atoms with van der Waals surface area (Å²) in [6.07, 6.45) is 3.65. The number of benzene rings is 1. The van der Waals surface area contributed by atoms with E-state index < -0.39 is 0 Å². The van der Waals surface area contributed by atoms with Gasteiger partial charge in [-0.2, -0.15) is 5.10 Å². The van der Waals surface area contributed by atoms with Crippen LogP contribution in [-0.2, 0) is 16.1 Å². The van der Waals surface area contributed by atoms with Crippen LogP contribution in [0.1, 0.15) is 13.3 Å². The van der Waals surface area contributed by atoms with Gasteiger partial charge in [-0.25, -0.2) is 4.79 Å². The Kier molecular flexibility index (Phi) is 4.30. The molecule has 2 aromatic rings. The van der Waals surface area contributed by atoms with Crippen molar-refractivity contribution in [1.29, 1.82) is 0 Å². The molecule has 0 spiro atoms. The quantitative estimate of drug-likeness (QED) is 0.630. The van der Waals surface area contributed by atoms with Crippen molar-refractivity contribution >= 4 is 16.9 Å². The van der Waals surface area contributed by atoms with Crippen LogP contribution in [0.5, 0.6) is 0 Å². The number of para-hydroxylation sites is 1. The number of aromatic nitrogens is 2. The van der Waals surface area contributed by atoms with Gasteiger partial charge >= 0.3 is 5.97 Å². The van der Waals surface area contributed by atoms with Gasteiger partial charge in [0.25, 0.3) is 0 Å². The van der Waals surface area contributed by atoms with Crippen molar-refractivity contribution in [3.63, 3.8) is 0 Å². The summed E-state index contributed by atoms with van der Waals surface area (Å²) in [6, 6.07) is 7.27. The molecule has 104 valence electrons. The molecule has 0 atom stereocenters. The Morgan fingerprint density at radius 1 is 1.40 bits per heavy atom. The lowest BCUT2D eigenvalue weighted by atomic mass is 10.2. The molecule has 5 heteroatoms. The average Bonchev–Trinajstić information content (AvgIpc) is 2.49. The molecule has 0 fully saturated rings. The molecular formula is C15H16N2O3. The Morgan fingerprint density at radius 2 is 2.15 bits per heavy atom. The van der Waals surface area contributed by atoms with Gasteiger partial charge in [0.2, 0.25) is 5.43 Å². The van der Waals surface area contributed by atoms with Gasteiger partial charge in [0.15, 0.2) is 0 Å². The Balaban J connectivity index is 2.40. The predicted octanol–water partition coefficient (Wildman–Crippen LogP) is 1.91. The highest BCUT2D eigenvalue weighted by Crippen LogP contribution is 2.09. The largest absolute Gasteiger partial charge is 0.466 e. The molecule has 0 aliphatic rings. The number of ether oxygens (including phenoxy) is 1. The monoisotopic (exact) mass is 272 g/mol. The van der Waals surface area contributed by atoms with Gasteiger partial charge in [-0.05, 0) is 18.6 Å². The first-order valence-corrected chi connectivity index (χ1v) is 6.39. The molecular weight excluding hydrogens is 256 g/mol. The van der Waals surface area contributed by atoms with Crippen molar-refractivity contribution in [2.45, 2.75) is 19.9 Å². The summed E-state index contributed by atoms with van der Waals surface area (Å²) >= 11 is 0. The maximum Gasteiger partial charge on any atom is 0.333 e. The molecule has 0 aliphatic heterocycles. The van der Waals surface area contributed by atoms with Crippen molar-refractivity contribution in [1.82, 2.24) is 9.78 Å². The maximum absolute atomic E-state index is 11.7.